The lowest BCUT2D eigenvalue weighted by Crippen LogP contribution is -2.55. The first-order valence-corrected chi connectivity index (χ1v) is 7.08. The first-order valence-electron chi connectivity index (χ1n) is 5.23. The molecule has 4 nitrogen and oxygen atoms in total. The van der Waals surface area contributed by atoms with Gasteiger partial charge in [-0.1, -0.05) is 0 Å². The minimum absolute atomic E-state index is 0.0914. The Morgan fingerprint density at radius 1 is 1.29 bits per heavy atom. The van der Waals surface area contributed by atoms with Gasteiger partial charge in [0.25, 0.3) is 0 Å². The highest BCUT2D eigenvalue weighted by molar-refractivity contribution is 7.88. The number of sulfonamides is 1. The first kappa shape index (κ1) is 10.4. The fourth-order valence-corrected chi connectivity index (χ4v) is 4.22. The van der Waals surface area contributed by atoms with E-state index < -0.39 is 10.0 Å². The molecular formula is C9H18N2O2S. The predicted molar refractivity (Wildman–Crippen MR) is 55.6 cm³/mol. The zero-order valence-electron chi connectivity index (χ0n) is 8.62. The van der Waals surface area contributed by atoms with Gasteiger partial charge in [0, 0.05) is 18.6 Å². The van der Waals surface area contributed by atoms with Crippen molar-refractivity contribution in [1.29, 1.82) is 0 Å². The molecule has 0 aromatic rings. The van der Waals surface area contributed by atoms with Crippen molar-refractivity contribution in [1.82, 2.24) is 9.62 Å². The molecular weight excluding hydrogens is 200 g/mol. The largest absolute Gasteiger partial charge is 0.315 e. The molecule has 0 aromatic heterocycles. The van der Waals surface area contributed by atoms with Gasteiger partial charge in [0.05, 0.1) is 6.26 Å². The Hall–Kier alpha value is -0.130. The maximum atomic E-state index is 11.6. The summed E-state index contributed by atoms with van der Waals surface area (Å²) in [5, 5.41) is 3.31. The third-order valence-electron chi connectivity index (χ3n) is 3.38. The van der Waals surface area contributed by atoms with Gasteiger partial charge in [0.15, 0.2) is 0 Å². The van der Waals surface area contributed by atoms with Crippen LogP contribution < -0.4 is 5.32 Å². The van der Waals surface area contributed by atoms with E-state index in [0.29, 0.717) is 6.54 Å². The van der Waals surface area contributed by atoms with Crippen LogP contribution in [0.25, 0.3) is 0 Å². The number of hydrogen-bond donors (Lipinski definition) is 1. The lowest BCUT2D eigenvalue weighted by atomic mass is 9.89. The summed E-state index contributed by atoms with van der Waals surface area (Å²) in [6, 6.07) is 0. The molecule has 0 unspecified atom stereocenters. The minimum atomic E-state index is -3.02. The summed E-state index contributed by atoms with van der Waals surface area (Å²) >= 11 is 0. The molecule has 2 heterocycles. The van der Waals surface area contributed by atoms with Gasteiger partial charge in [0.1, 0.15) is 0 Å². The average Bonchev–Trinajstić information content (AvgIpc) is 2.49. The van der Waals surface area contributed by atoms with E-state index in [2.05, 4.69) is 5.32 Å². The second kappa shape index (κ2) is 3.47. The summed E-state index contributed by atoms with van der Waals surface area (Å²) < 4.78 is 24.9. The summed E-state index contributed by atoms with van der Waals surface area (Å²) in [5.41, 5.74) is -0.0914. The maximum Gasteiger partial charge on any atom is 0.211 e. The summed E-state index contributed by atoms with van der Waals surface area (Å²) in [5.74, 6) is 0. The number of hydrogen-bond acceptors (Lipinski definition) is 3. The highest BCUT2D eigenvalue weighted by Gasteiger charge is 2.45. The molecule has 1 atom stereocenters. The lowest BCUT2D eigenvalue weighted by molar-refractivity contribution is 0.187. The Morgan fingerprint density at radius 3 is 2.57 bits per heavy atom. The van der Waals surface area contributed by atoms with E-state index in [4.69, 9.17) is 0 Å². The van der Waals surface area contributed by atoms with Crippen LogP contribution >= 0.6 is 0 Å². The smallest absolute Gasteiger partial charge is 0.211 e. The fourth-order valence-electron chi connectivity index (χ4n) is 2.81. The third-order valence-corrected chi connectivity index (χ3v) is 4.75. The molecule has 5 heteroatoms. The van der Waals surface area contributed by atoms with Crippen LogP contribution in [0.2, 0.25) is 0 Å². The van der Waals surface area contributed by atoms with Gasteiger partial charge in [-0.2, -0.15) is 4.31 Å². The van der Waals surface area contributed by atoms with Crippen LogP contribution in [0.4, 0.5) is 0 Å². The molecule has 0 saturated carbocycles. The van der Waals surface area contributed by atoms with Crippen LogP contribution in [0.15, 0.2) is 0 Å². The molecule has 2 rings (SSSR count). The van der Waals surface area contributed by atoms with Crippen molar-refractivity contribution in [3.63, 3.8) is 0 Å². The number of nitrogens with zero attached hydrogens (tertiary/aromatic N) is 1. The van der Waals surface area contributed by atoms with Gasteiger partial charge in [-0.25, -0.2) is 8.42 Å². The Kier molecular flexibility index (Phi) is 2.57. The molecule has 14 heavy (non-hydrogen) atoms. The normalized spacial score (nSPS) is 35.2. The van der Waals surface area contributed by atoms with Gasteiger partial charge in [-0.05, 0) is 32.2 Å². The standard InChI is InChI=1S/C9H18N2O2S/c1-14(12,13)11-7-3-5-9(11)4-2-6-10-8-9/h10H,2-8H2,1H3/t9-/m0/s1. The zero-order valence-corrected chi connectivity index (χ0v) is 9.44. The van der Waals surface area contributed by atoms with E-state index in [9.17, 15) is 8.42 Å². The van der Waals surface area contributed by atoms with E-state index >= 15 is 0 Å². The first-order chi connectivity index (χ1) is 6.55. The van der Waals surface area contributed by atoms with Crippen LogP contribution in [0.3, 0.4) is 0 Å². The highest BCUT2D eigenvalue weighted by atomic mass is 32.2. The topological polar surface area (TPSA) is 49.4 Å². The van der Waals surface area contributed by atoms with E-state index in [0.717, 1.165) is 38.8 Å². The van der Waals surface area contributed by atoms with Crippen molar-refractivity contribution >= 4 is 10.0 Å². The second-order valence-corrected chi connectivity index (χ2v) is 6.35. The molecule has 0 aliphatic carbocycles. The maximum absolute atomic E-state index is 11.6. The highest BCUT2D eigenvalue weighted by Crippen LogP contribution is 2.36. The summed E-state index contributed by atoms with van der Waals surface area (Å²) in [7, 11) is -3.02. The van der Waals surface area contributed by atoms with Crippen molar-refractivity contribution in [2.24, 2.45) is 0 Å². The minimum Gasteiger partial charge on any atom is -0.315 e. The zero-order chi connectivity index (χ0) is 10.2. The van der Waals surface area contributed by atoms with Crippen molar-refractivity contribution < 1.29 is 8.42 Å². The Balaban J connectivity index is 2.24. The molecule has 0 bridgehead atoms. The van der Waals surface area contributed by atoms with Crippen LogP contribution in [-0.4, -0.2) is 44.2 Å². The van der Waals surface area contributed by atoms with Crippen molar-refractivity contribution in [2.45, 2.75) is 31.2 Å². The van der Waals surface area contributed by atoms with Crippen molar-refractivity contribution in [2.75, 3.05) is 25.9 Å². The van der Waals surface area contributed by atoms with Gasteiger partial charge >= 0.3 is 0 Å². The van der Waals surface area contributed by atoms with Crippen LogP contribution in [0.1, 0.15) is 25.7 Å². The van der Waals surface area contributed by atoms with E-state index in [1.807, 2.05) is 0 Å². The van der Waals surface area contributed by atoms with Crippen LogP contribution in [-0.2, 0) is 10.0 Å². The Morgan fingerprint density at radius 2 is 2.00 bits per heavy atom. The Bertz CT molecular complexity index is 307. The Labute approximate surface area is 85.7 Å². The summed E-state index contributed by atoms with van der Waals surface area (Å²) in [4.78, 5) is 0. The van der Waals surface area contributed by atoms with Gasteiger partial charge in [-0.15, -0.1) is 0 Å². The lowest BCUT2D eigenvalue weighted by Gasteiger charge is -2.40. The monoisotopic (exact) mass is 218 g/mol. The quantitative estimate of drug-likeness (QED) is 0.682. The molecule has 2 fully saturated rings. The van der Waals surface area contributed by atoms with E-state index in [1.165, 1.54) is 6.26 Å². The molecule has 2 aliphatic heterocycles. The van der Waals surface area contributed by atoms with Gasteiger partial charge in [0.2, 0.25) is 10.0 Å². The van der Waals surface area contributed by atoms with E-state index in [-0.39, 0.29) is 5.54 Å². The average molecular weight is 218 g/mol. The van der Waals surface area contributed by atoms with Gasteiger partial charge < -0.3 is 5.32 Å². The summed E-state index contributed by atoms with van der Waals surface area (Å²) in [6.07, 6.45) is 5.47. The van der Waals surface area contributed by atoms with Gasteiger partial charge in [-0.3, -0.25) is 0 Å². The predicted octanol–water partition coefficient (Wildman–Crippen LogP) is 0.164. The van der Waals surface area contributed by atoms with Crippen LogP contribution in [0.5, 0.6) is 0 Å². The third kappa shape index (κ3) is 1.68. The molecule has 2 saturated heterocycles. The summed E-state index contributed by atoms with van der Waals surface area (Å²) in [6.45, 7) is 2.57. The fraction of sp³-hybridized carbons (Fsp3) is 1.00. The molecule has 0 radical (unpaired) electrons. The molecule has 1 N–H and O–H groups in total. The van der Waals surface area contributed by atoms with Crippen LogP contribution in [0, 0.1) is 0 Å². The number of piperidine rings is 1. The second-order valence-electron chi connectivity index (χ2n) is 4.44. The molecule has 0 amide bonds. The SMILES string of the molecule is CS(=O)(=O)N1CCC[C@]12CCCNC2. The van der Waals surface area contributed by atoms with E-state index in [1.54, 1.807) is 4.31 Å². The molecule has 1 spiro atoms. The number of nitrogens with one attached hydrogen (secondary N) is 1. The molecule has 0 aromatic carbocycles. The molecule has 82 valence electrons. The van der Waals surface area contributed by atoms with Crippen molar-refractivity contribution in [3.05, 3.63) is 0 Å². The molecule has 2 aliphatic rings. The number of rotatable bonds is 1. The van der Waals surface area contributed by atoms with Crippen molar-refractivity contribution in [3.8, 4) is 0 Å².